The van der Waals surface area contributed by atoms with Crippen LogP contribution in [0.5, 0.6) is 5.75 Å². The molecule has 7 rings (SSSR count). The van der Waals surface area contributed by atoms with E-state index in [1.807, 2.05) is 83.8 Å². The number of aromatic nitrogens is 1. The Hall–Kier alpha value is -5.16. The first-order valence-electron chi connectivity index (χ1n) is 17.5. The van der Waals surface area contributed by atoms with Gasteiger partial charge in [-0.05, 0) is 73.9 Å². The molecule has 0 radical (unpaired) electrons. The molecule has 2 aliphatic heterocycles. The summed E-state index contributed by atoms with van der Waals surface area (Å²) in [5, 5.41) is 9.37. The van der Waals surface area contributed by atoms with Gasteiger partial charge in [-0.25, -0.2) is 4.98 Å². The maximum Gasteiger partial charge on any atom is 0.257 e. The van der Waals surface area contributed by atoms with Gasteiger partial charge >= 0.3 is 0 Å². The third-order valence-electron chi connectivity index (χ3n) is 10.7. The molecular weight excluding hydrogens is 610 g/mol. The summed E-state index contributed by atoms with van der Waals surface area (Å²) < 4.78 is 6.64. The normalized spacial score (nSPS) is 19.0. The van der Waals surface area contributed by atoms with E-state index >= 15 is 0 Å². The van der Waals surface area contributed by atoms with Gasteiger partial charge in [-0.2, -0.15) is 5.26 Å². The second-order valence-electron chi connectivity index (χ2n) is 13.8. The van der Waals surface area contributed by atoms with Crippen LogP contribution >= 0.6 is 0 Å². The third kappa shape index (κ3) is 7.03. The predicted octanol–water partition coefficient (Wildman–Crippen LogP) is 6.62. The van der Waals surface area contributed by atoms with E-state index in [-0.39, 0.29) is 22.6 Å². The Morgan fingerprint density at radius 2 is 1.51 bits per heavy atom. The largest absolute Gasteiger partial charge is 0.492 e. The summed E-state index contributed by atoms with van der Waals surface area (Å²) in [6.07, 6.45) is 6.95. The zero-order chi connectivity index (χ0) is 33.7. The number of piperidine rings is 1. The minimum absolute atomic E-state index is 0.0726. The first kappa shape index (κ1) is 32.4. The zero-order valence-corrected chi connectivity index (χ0v) is 28.0. The van der Waals surface area contributed by atoms with Crippen LogP contribution in [0.3, 0.4) is 0 Å². The number of nitriles is 1. The van der Waals surface area contributed by atoms with Crippen LogP contribution in [0.1, 0.15) is 65.6 Å². The number of carbonyl (C=O) groups is 2. The topological polar surface area (TPSA) is 89.8 Å². The highest BCUT2D eigenvalue weighted by molar-refractivity contribution is 5.97. The molecule has 3 aliphatic rings. The van der Waals surface area contributed by atoms with E-state index in [0.29, 0.717) is 56.2 Å². The Morgan fingerprint density at radius 1 is 0.796 bits per heavy atom. The standard InChI is InChI=1S/C41H43N5O3/c42-28-33-16-17-37(43-29-33)44-23-9-18-40(21-24-45(25-22-40)39(48)41(19-20-41)34-12-5-2-6-13-34)31-49-36-15-8-7-14-35(36)38(47)46(27-26-44)30-32-10-3-1-4-11-32/h1-8,10-17,29H,9,18-27,30-31H2. The average molecular weight is 654 g/mol. The van der Waals surface area contributed by atoms with Crippen molar-refractivity contribution in [3.63, 3.8) is 0 Å². The van der Waals surface area contributed by atoms with E-state index in [4.69, 9.17) is 4.74 Å². The minimum Gasteiger partial charge on any atom is -0.492 e. The number of ether oxygens (including phenoxy) is 1. The fraction of sp³-hybridized carbons (Fsp3) is 0.366. The lowest BCUT2D eigenvalue weighted by molar-refractivity contribution is -0.136. The van der Waals surface area contributed by atoms with Crippen molar-refractivity contribution in [1.29, 1.82) is 5.26 Å². The number of nitrogens with zero attached hydrogens (tertiary/aromatic N) is 5. The van der Waals surface area contributed by atoms with Crippen LogP contribution in [0.4, 0.5) is 5.82 Å². The van der Waals surface area contributed by atoms with E-state index in [9.17, 15) is 14.9 Å². The molecule has 0 atom stereocenters. The molecule has 3 heterocycles. The molecule has 1 aromatic heterocycles. The van der Waals surface area contributed by atoms with Gasteiger partial charge in [-0.3, -0.25) is 9.59 Å². The van der Waals surface area contributed by atoms with Gasteiger partial charge in [0.2, 0.25) is 5.91 Å². The van der Waals surface area contributed by atoms with Crippen molar-refractivity contribution in [2.45, 2.75) is 50.5 Å². The van der Waals surface area contributed by atoms with Gasteiger partial charge in [0, 0.05) is 50.9 Å². The van der Waals surface area contributed by atoms with Crippen LogP contribution in [0.15, 0.2) is 103 Å². The Kier molecular flexibility index (Phi) is 9.34. The molecule has 2 amide bonds. The molecule has 2 fully saturated rings. The summed E-state index contributed by atoms with van der Waals surface area (Å²) >= 11 is 0. The van der Waals surface area contributed by atoms with E-state index in [2.05, 4.69) is 33.0 Å². The fourth-order valence-electron chi connectivity index (χ4n) is 7.55. The molecule has 1 saturated heterocycles. The van der Waals surface area contributed by atoms with Crippen molar-refractivity contribution in [1.82, 2.24) is 14.8 Å². The van der Waals surface area contributed by atoms with E-state index < -0.39 is 0 Å². The summed E-state index contributed by atoms with van der Waals surface area (Å²) in [6, 6.07) is 33.8. The van der Waals surface area contributed by atoms with Crippen LogP contribution in [-0.2, 0) is 16.8 Å². The van der Waals surface area contributed by atoms with Gasteiger partial charge in [0.1, 0.15) is 17.6 Å². The summed E-state index contributed by atoms with van der Waals surface area (Å²) in [7, 11) is 0. The molecule has 1 aliphatic carbocycles. The van der Waals surface area contributed by atoms with Crippen LogP contribution in [0, 0.1) is 16.7 Å². The smallest absolute Gasteiger partial charge is 0.257 e. The third-order valence-corrected chi connectivity index (χ3v) is 10.7. The highest BCUT2D eigenvalue weighted by atomic mass is 16.5. The van der Waals surface area contributed by atoms with Crippen molar-refractivity contribution in [2.75, 3.05) is 44.2 Å². The lowest BCUT2D eigenvalue weighted by atomic mass is 9.75. The van der Waals surface area contributed by atoms with Crippen LogP contribution in [0.25, 0.3) is 0 Å². The summed E-state index contributed by atoms with van der Waals surface area (Å²) in [5.41, 5.74) is 2.75. The average Bonchev–Trinajstić information content (AvgIpc) is 3.98. The first-order valence-corrected chi connectivity index (χ1v) is 17.5. The van der Waals surface area contributed by atoms with Crippen LogP contribution in [-0.4, -0.2) is 65.9 Å². The lowest BCUT2D eigenvalue weighted by Gasteiger charge is -2.43. The predicted molar refractivity (Wildman–Crippen MR) is 189 cm³/mol. The zero-order valence-electron chi connectivity index (χ0n) is 28.0. The second kappa shape index (κ2) is 14.1. The quantitative estimate of drug-likeness (QED) is 0.241. The number of fused-ring (bicyclic) bond motifs is 1. The SMILES string of the molecule is N#Cc1ccc(N2CCCC3(CCN(C(=O)C4(c5ccccc5)CC4)CC3)COc3ccccc3C(=O)N(Cc3ccccc3)CC2)nc1. The van der Waals surface area contributed by atoms with Crippen molar-refractivity contribution in [2.24, 2.45) is 5.41 Å². The number of rotatable bonds is 5. The molecule has 8 nitrogen and oxygen atoms in total. The summed E-state index contributed by atoms with van der Waals surface area (Å²) in [4.78, 5) is 39.1. The number of anilines is 1. The molecule has 8 heteroatoms. The van der Waals surface area contributed by atoms with Crippen molar-refractivity contribution >= 4 is 17.6 Å². The molecule has 250 valence electrons. The summed E-state index contributed by atoms with van der Waals surface area (Å²) in [6.45, 7) is 4.19. The molecule has 4 aromatic rings. The van der Waals surface area contributed by atoms with Crippen LogP contribution < -0.4 is 9.64 Å². The van der Waals surface area contributed by atoms with Gasteiger partial charge in [0.05, 0.1) is 23.1 Å². The molecule has 49 heavy (non-hydrogen) atoms. The highest BCUT2D eigenvalue weighted by Crippen LogP contribution is 2.50. The highest BCUT2D eigenvalue weighted by Gasteiger charge is 2.53. The number of hydrogen-bond acceptors (Lipinski definition) is 6. The Balaban J connectivity index is 1.15. The van der Waals surface area contributed by atoms with Crippen molar-refractivity contribution in [3.05, 3.63) is 126 Å². The Morgan fingerprint density at radius 3 is 2.20 bits per heavy atom. The first-order chi connectivity index (χ1) is 24.0. The molecule has 1 saturated carbocycles. The maximum absolute atomic E-state index is 14.3. The fourth-order valence-corrected chi connectivity index (χ4v) is 7.55. The molecule has 0 bridgehead atoms. The number of para-hydroxylation sites is 1. The minimum atomic E-state index is -0.369. The van der Waals surface area contributed by atoms with Crippen molar-refractivity contribution < 1.29 is 14.3 Å². The number of carbonyl (C=O) groups excluding carboxylic acids is 2. The molecule has 1 spiro atoms. The van der Waals surface area contributed by atoms with Gasteiger partial charge in [-0.15, -0.1) is 0 Å². The summed E-state index contributed by atoms with van der Waals surface area (Å²) in [5.74, 6) is 1.58. The van der Waals surface area contributed by atoms with Gasteiger partial charge in [-0.1, -0.05) is 72.8 Å². The van der Waals surface area contributed by atoms with E-state index in [0.717, 1.165) is 62.0 Å². The van der Waals surface area contributed by atoms with Gasteiger partial charge in [0.15, 0.2) is 0 Å². The number of amides is 2. The number of pyridine rings is 1. The second-order valence-corrected chi connectivity index (χ2v) is 13.8. The van der Waals surface area contributed by atoms with Crippen LogP contribution in [0.2, 0.25) is 0 Å². The molecular formula is C41H43N5O3. The lowest BCUT2D eigenvalue weighted by Crippen LogP contribution is -2.48. The Labute approximate surface area is 288 Å². The van der Waals surface area contributed by atoms with E-state index in [1.165, 1.54) is 0 Å². The van der Waals surface area contributed by atoms with Gasteiger partial charge in [0.25, 0.3) is 5.91 Å². The monoisotopic (exact) mass is 653 g/mol. The molecule has 0 N–H and O–H groups in total. The van der Waals surface area contributed by atoms with E-state index in [1.54, 1.807) is 12.3 Å². The maximum atomic E-state index is 14.3. The number of hydrogen-bond donors (Lipinski definition) is 0. The van der Waals surface area contributed by atoms with Crippen molar-refractivity contribution in [3.8, 4) is 11.8 Å². The molecule has 0 unspecified atom stereocenters. The number of benzene rings is 3. The van der Waals surface area contributed by atoms with Gasteiger partial charge < -0.3 is 19.4 Å². The number of likely N-dealkylation sites (tertiary alicyclic amines) is 1. The molecule has 3 aromatic carbocycles. The Bertz CT molecular complexity index is 1790.